The summed E-state index contributed by atoms with van der Waals surface area (Å²) < 4.78 is 6.05. The number of rotatable bonds is 5. The van der Waals surface area contributed by atoms with Gasteiger partial charge < -0.3 is 9.84 Å². The number of hydrogen-bond acceptors (Lipinski definition) is 2. The lowest BCUT2D eigenvalue weighted by atomic mass is 9.83. The van der Waals surface area contributed by atoms with E-state index in [0.717, 1.165) is 23.8 Å². The van der Waals surface area contributed by atoms with Crippen LogP contribution in [0.15, 0.2) is 12.1 Å². The van der Waals surface area contributed by atoms with Crippen LogP contribution in [0.25, 0.3) is 0 Å². The summed E-state index contributed by atoms with van der Waals surface area (Å²) in [6.07, 6.45) is 2.59. The number of benzene rings is 1. The van der Waals surface area contributed by atoms with E-state index in [1.807, 2.05) is 0 Å². The van der Waals surface area contributed by atoms with Crippen molar-refractivity contribution in [2.24, 2.45) is 5.92 Å². The van der Waals surface area contributed by atoms with Crippen LogP contribution >= 0.6 is 0 Å². The molecule has 1 N–H and O–H groups in total. The fourth-order valence-corrected chi connectivity index (χ4v) is 2.08. The van der Waals surface area contributed by atoms with Crippen molar-refractivity contribution >= 4 is 0 Å². The Hall–Kier alpha value is -1.02. The molecule has 0 atom stereocenters. The van der Waals surface area contributed by atoms with Crippen LogP contribution in [0.3, 0.4) is 0 Å². The molecule has 1 saturated carbocycles. The topological polar surface area (TPSA) is 29.5 Å². The quantitative estimate of drug-likeness (QED) is 0.865. The van der Waals surface area contributed by atoms with Gasteiger partial charge in [0.25, 0.3) is 0 Å². The highest BCUT2D eigenvalue weighted by molar-refractivity contribution is 5.48. The van der Waals surface area contributed by atoms with Gasteiger partial charge in [-0.2, -0.15) is 0 Å². The van der Waals surface area contributed by atoms with Gasteiger partial charge in [0.1, 0.15) is 5.75 Å². The van der Waals surface area contributed by atoms with Crippen molar-refractivity contribution in [3.63, 3.8) is 0 Å². The Labute approximate surface area is 110 Å². The first-order chi connectivity index (χ1) is 8.45. The van der Waals surface area contributed by atoms with Crippen molar-refractivity contribution in [1.29, 1.82) is 0 Å². The summed E-state index contributed by atoms with van der Waals surface area (Å²) in [5, 5.41) is 9.57. The van der Waals surface area contributed by atoms with Crippen molar-refractivity contribution in [3.8, 4) is 5.75 Å². The summed E-state index contributed by atoms with van der Waals surface area (Å²) in [4.78, 5) is 0. The molecule has 1 aliphatic carbocycles. The van der Waals surface area contributed by atoms with E-state index in [-0.39, 0.29) is 12.0 Å². The van der Waals surface area contributed by atoms with Gasteiger partial charge >= 0.3 is 0 Å². The normalized spacial score (nSPS) is 15.8. The molecule has 0 aliphatic heterocycles. The number of aryl methyl sites for hydroxylation is 1. The molecule has 100 valence electrons. The molecule has 0 spiro atoms. The zero-order valence-electron chi connectivity index (χ0n) is 11.9. The van der Waals surface area contributed by atoms with Crippen LogP contribution in [-0.2, 0) is 5.41 Å². The predicted molar refractivity (Wildman–Crippen MR) is 74.2 cm³/mol. The highest BCUT2D eigenvalue weighted by Gasteiger charge is 2.27. The minimum Gasteiger partial charge on any atom is -0.493 e. The standard InChI is InChI=1S/C16H24O2/c1-11-5-8-14(16(3,4)10-17)15(12(11)2)18-9-13-6-7-13/h5,8,13,17H,6-7,9-10H2,1-4H3. The van der Waals surface area contributed by atoms with E-state index in [1.54, 1.807) is 0 Å². The van der Waals surface area contributed by atoms with Crippen molar-refractivity contribution in [3.05, 3.63) is 28.8 Å². The molecular weight excluding hydrogens is 224 g/mol. The van der Waals surface area contributed by atoms with E-state index in [1.165, 1.54) is 24.0 Å². The Morgan fingerprint density at radius 2 is 1.94 bits per heavy atom. The van der Waals surface area contributed by atoms with Crippen molar-refractivity contribution in [2.45, 2.75) is 46.0 Å². The van der Waals surface area contributed by atoms with Gasteiger partial charge in [0.15, 0.2) is 0 Å². The predicted octanol–water partition coefficient (Wildman–Crippen LogP) is 3.36. The molecule has 18 heavy (non-hydrogen) atoms. The molecule has 0 heterocycles. The molecule has 1 aromatic rings. The van der Waals surface area contributed by atoms with Crippen LogP contribution in [-0.4, -0.2) is 18.3 Å². The Morgan fingerprint density at radius 1 is 1.28 bits per heavy atom. The molecule has 2 heteroatoms. The summed E-state index contributed by atoms with van der Waals surface area (Å²) in [6.45, 7) is 9.28. The van der Waals surface area contributed by atoms with Crippen molar-refractivity contribution in [2.75, 3.05) is 13.2 Å². The lowest BCUT2D eigenvalue weighted by Crippen LogP contribution is -2.24. The number of aliphatic hydroxyl groups is 1. The third-order valence-electron chi connectivity index (χ3n) is 3.96. The summed E-state index contributed by atoms with van der Waals surface area (Å²) in [5.41, 5.74) is 3.32. The third-order valence-corrected chi connectivity index (χ3v) is 3.96. The molecule has 0 radical (unpaired) electrons. The highest BCUT2D eigenvalue weighted by Crippen LogP contribution is 2.37. The maximum atomic E-state index is 9.57. The van der Waals surface area contributed by atoms with Crippen LogP contribution in [0.1, 0.15) is 43.4 Å². The Kier molecular flexibility index (Phi) is 3.67. The summed E-state index contributed by atoms with van der Waals surface area (Å²) in [7, 11) is 0. The number of aliphatic hydroxyl groups excluding tert-OH is 1. The van der Waals surface area contributed by atoms with Gasteiger partial charge in [-0.3, -0.25) is 0 Å². The van der Waals surface area contributed by atoms with Crippen molar-refractivity contribution < 1.29 is 9.84 Å². The summed E-state index contributed by atoms with van der Waals surface area (Å²) >= 11 is 0. The first kappa shape index (κ1) is 13.4. The zero-order chi connectivity index (χ0) is 13.3. The van der Waals surface area contributed by atoms with Crippen LogP contribution < -0.4 is 4.74 Å². The maximum Gasteiger partial charge on any atom is 0.126 e. The zero-order valence-corrected chi connectivity index (χ0v) is 11.9. The number of ether oxygens (including phenoxy) is 1. The average molecular weight is 248 g/mol. The Balaban J connectivity index is 2.34. The van der Waals surface area contributed by atoms with Gasteiger partial charge in [0, 0.05) is 11.0 Å². The molecule has 0 amide bonds. The van der Waals surface area contributed by atoms with E-state index in [4.69, 9.17) is 4.74 Å². The van der Waals surface area contributed by atoms with E-state index in [9.17, 15) is 5.11 Å². The minimum atomic E-state index is -0.253. The van der Waals surface area contributed by atoms with Crippen molar-refractivity contribution in [1.82, 2.24) is 0 Å². The molecule has 0 unspecified atom stereocenters. The molecule has 2 nitrogen and oxygen atoms in total. The molecule has 1 aliphatic rings. The second kappa shape index (κ2) is 4.93. The summed E-state index contributed by atoms with van der Waals surface area (Å²) in [6, 6.07) is 4.22. The van der Waals surface area contributed by atoms with Crippen LogP contribution in [0.5, 0.6) is 5.75 Å². The molecule has 1 fully saturated rings. The molecule has 2 rings (SSSR count). The highest BCUT2D eigenvalue weighted by atomic mass is 16.5. The van der Waals surface area contributed by atoms with E-state index < -0.39 is 0 Å². The summed E-state index contributed by atoms with van der Waals surface area (Å²) in [5.74, 6) is 1.73. The Morgan fingerprint density at radius 3 is 2.50 bits per heavy atom. The van der Waals surface area contributed by atoms with Crippen LogP contribution in [0.2, 0.25) is 0 Å². The second-order valence-corrected chi connectivity index (χ2v) is 6.18. The lowest BCUT2D eigenvalue weighted by Gasteiger charge is -2.27. The molecule has 0 bridgehead atoms. The van der Waals surface area contributed by atoms with Gasteiger partial charge in [-0.05, 0) is 43.7 Å². The monoisotopic (exact) mass is 248 g/mol. The Bertz CT molecular complexity index is 431. The molecule has 0 saturated heterocycles. The smallest absolute Gasteiger partial charge is 0.126 e. The van der Waals surface area contributed by atoms with Gasteiger partial charge in [-0.15, -0.1) is 0 Å². The second-order valence-electron chi connectivity index (χ2n) is 6.18. The first-order valence-corrected chi connectivity index (χ1v) is 6.80. The van der Waals surface area contributed by atoms with Gasteiger partial charge in [-0.25, -0.2) is 0 Å². The van der Waals surface area contributed by atoms with E-state index in [2.05, 4.69) is 39.8 Å². The number of hydrogen-bond donors (Lipinski definition) is 1. The molecular formula is C16H24O2. The van der Waals surface area contributed by atoms with Gasteiger partial charge in [-0.1, -0.05) is 26.0 Å². The molecule has 0 aromatic heterocycles. The minimum absolute atomic E-state index is 0.134. The SMILES string of the molecule is Cc1ccc(C(C)(C)CO)c(OCC2CC2)c1C. The third kappa shape index (κ3) is 2.69. The lowest BCUT2D eigenvalue weighted by molar-refractivity contribution is 0.210. The largest absolute Gasteiger partial charge is 0.493 e. The van der Waals surface area contributed by atoms with E-state index >= 15 is 0 Å². The van der Waals surface area contributed by atoms with Crippen LogP contribution in [0, 0.1) is 19.8 Å². The maximum absolute atomic E-state index is 9.57. The first-order valence-electron chi connectivity index (χ1n) is 6.80. The van der Waals surface area contributed by atoms with Crippen LogP contribution in [0.4, 0.5) is 0 Å². The fourth-order valence-electron chi connectivity index (χ4n) is 2.08. The van der Waals surface area contributed by atoms with Gasteiger partial charge in [0.2, 0.25) is 0 Å². The fraction of sp³-hybridized carbons (Fsp3) is 0.625. The average Bonchev–Trinajstić information content (AvgIpc) is 3.14. The van der Waals surface area contributed by atoms with Gasteiger partial charge in [0.05, 0.1) is 13.2 Å². The molecule has 1 aromatic carbocycles. The van der Waals surface area contributed by atoms with E-state index in [0.29, 0.717) is 0 Å².